The number of carbonyl (C=O) groups is 1. The van der Waals surface area contributed by atoms with E-state index in [9.17, 15) is 4.79 Å². The van der Waals surface area contributed by atoms with Gasteiger partial charge in [0, 0.05) is 19.0 Å². The van der Waals surface area contributed by atoms with Gasteiger partial charge in [-0.1, -0.05) is 39.5 Å². The highest BCUT2D eigenvalue weighted by atomic mass is 16.1. The smallest absolute Gasteiger partial charge is 0.224 e. The lowest BCUT2D eigenvalue weighted by molar-refractivity contribution is -0.124. The van der Waals surface area contributed by atoms with Crippen LogP contribution in [0.15, 0.2) is 0 Å². The fraction of sp³-hybridized carbons (Fsp3) is 0.929. The van der Waals surface area contributed by atoms with E-state index in [1.165, 1.54) is 25.7 Å². The van der Waals surface area contributed by atoms with E-state index in [2.05, 4.69) is 12.2 Å². The minimum Gasteiger partial charge on any atom is -0.356 e. The van der Waals surface area contributed by atoms with Crippen molar-refractivity contribution in [2.45, 2.75) is 52.4 Å². The molecule has 0 spiro atoms. The van der Waals surface area contributed by atoms with Crippen molar-refractivity contribution in [1.29, 1.82) is 0 Å². The van der Waals surface area contributed by atoms with Gasteiger partial charge < -0.3 is 11.1 Å². The van der Waals surface area contributed by atoms with Gasteiger partial charge in [-0.2, -0.15) is 0 Å². The molecule has 0 heterocycles. The standard InChI is InChI=1S/C14H28N2O/c1-3-13(10-15)14(17)16-9-8-12-6-4-11(2)5-7-12/h11-13H,3-10,15H2,1-2H3,(H,16,17). The molecule has 0 radical (unpaired) electrons. The second-order valence-corrected chi connectivity index (χ2v) is 5.55. The maximum absolute atomic E-state index is 11.7. The Balaban J connectivity index is 2.13. The quantitative estimate of drug-likeness (QED) is 0.748. The molecule has 17 heavy (non-hydrogen) atoms. The van der Waals surface area contributed by atoms with E-state index in [-0.39, 0.29) is 11.8 Å². The highest BCUT2D eigenvalue weighted by Gasteiger charge is 2.19. The van der Waals surface area contributed by atoms with Gasteiger partial charge in [0.05, 0.1) is 0 Å². The summed E-state index contributed by atoms with van der Waals surface area (Å²) in [6.45, 7) is 5.64. The maximum atomic E-state index is 11.7. The first-order valence-corrected chi connectivity index (χ1v) is 7.15. The first-order valence-electron chi connectivity index (χ1n) is 7.15. The summed E-state index contributed by atoms with van der Waals surface area (Å²) in [5, 5.41) is 3.02. The Morgan fingerprint density at radius 3 is 2.53 bits per heavy atom. The van der Waals surface area contributed by atoms with Gasteiger partial charge in [0.25, 0.3) is 0 Å². The van der Waals surface area contributed by atoms with E-state index < -0.39 is 0 Å². The summed E-state index contributed by atoms with van der Waals surface area (Å²) in [6, 6.07) is 0. The minimum absolute atomic E-state index is 0.00128. The lowest BCUT2D eigenvalue weighted by Crippen LogP contribution is -2.35. The number of carbonyl (C=O) groups excluding carboxylic acids is 1. The second kappa shape index (κ2) is 7.70. The van der Waals surface area contributed by atoms with Crippen LogP contribution in [-0.4, -0.2) is 19.0 Å². The molecule has 0 bridgehead atoms. The second-order valence-electron chi connectivity index (χ2n) is 5.55. The molecule has 100 valence electrons. The third kappa shape index (κ3) is 5.07. The Morgan fingerprint density at radius 2 is 2.00 bits per heavy atom. The molecule has 3 heteroatoms. The number of hydrogen-bond donors (Lipinski definition) is 2. The van der Waals surface area contributed by atoms with Crippen molar-refractivity contribution in [2.75, 3.05) is 13.1 Å². The first-order chi connectivity index (χ1) is 8.17. The minimum atomic E-state index is 0.00128. The topological polar surface area (TPSA) is 55.1 Å². The van der Waals surface area contributed by atoms with Crippen molar-refractivity contribution >= 4 is 5.91 Å². The molecule has 0 aromatic rings. The molecule has 1 aliphatic rings. The van der Waals surface area contributed by atoms with Gasteiger partial charge in [0.15, 0.2) is 0 Å². The molecule has 1 unspecified atom stereocenters. The van der Waals surface area contributed by atoms with E-state index in [1.54, 1.807) is 0 Å². The largest absolute Gasteiger partial charge is 0.356 e. The molecular formula is C14H28N2O. The average molecular weight is 240 g/mol. The van der Waals surface area contributed by atoms with Gasteiger partial charge in [-0.15, -0.1) is 0 Å². The molecule has 0 aromatic carbocycles. The van der Waals surface area contributed by atoms with Crippen LogP contribution in [0.2, 0.25) is 0 Å². The van der Waals surface area contributed by atoms with Crippen molar-refractivity contribution in [3.63, 3.8) is 0 Å². The zero-order chi connectivity index (χ0) is 12.7. The summed E-state index contributed by atoms with van der Waals surface area (Å²) in [5.74, 6) is 1.87. The highest BCUT2D eigenvalue weighted by molar-refractivity contribution is 5.78. The Morgan fingerprint density at radius 1 is 1.35 bits per heavy atom. The Labute approximate surface area is 106 Å². The molecule has 1 amide bonds. The predicted molar refractivity (Wildman–Crippen MR) is 71.6 cm³/mol. The van der Waals surface area contributed by atoms with Crippen molar-refractivity contribution in [3.8, 4) is 0 Å². The van der Waals surface area contributed by atoms with Gasteiger partial charge >= 0.3 is 0 Å². The van der Waals surface area contributed by atoms with Crippen LogP contribution in [-0.2, 0) is 4.79 Å². The molecule has 0 aromatic heterocycles. The van der Waals surface area contributed by atoms with Crippen molar-refractivity contribution < 1.29 is 4.79 Å². The lowest BCUT2D eigenvalue weighted by atomic mass is 9.81. The SMILES string of the molecule is CCC(CN)C(=O)NCCC1CCC(C)CC1. The van der Waals surface area contributed by atoms with Crippen molar-refractivity contribution in [2.24, 2.45) is 23.5 Å². The van der Waals surface area contributed by atoms with Crippen molar-refractivity contribution in [1.82, 2.24) is 5.32 Å². The van der Waals surface area contributed by atoms with Gasteiger partial charge in [0.1, 0.15) is 0 Å². The Kier molecular flexibility index (Phi) is 6.56. The number of hydrogen-bond acceptors (Lipinski definition) is 2. The zero-order valence-corrected chi connectivity index (χ0v) is 11.4. The molecule has 3 N–H and O–H groups in total. The molecule has 0 saturated heterocycles. The molecule has 1 saturated carbocycles. The molecule has 1 fully saturated rings. The van der Waals surface area contributed by atoms with Crippen LogP contribution in [0.1, 0.15) is 52.4 Å². The summed E-state index contributed by atoms with van der Waals surface area (Å²) >= 11 is 0. The van der Waals surface area contributed by atoms with Gasteiger partial charge in [-0.05, 0) is 24.7 Å². The van der Waals surface area contributed by atoms with E-state index in [0.29, 0.717) is 6.54 Å². The maximum Gasteiger partial charge on any atom is 0.224 e. The van der Waals surface area contributed by atoms with Crippen LogP contribution in [0.4, 0.5) is 0 Å². The molecule has 0 aliphatic heterocycles. The summed E-state index contributed by atoms with van der Waals surface area (Å²) in [7, 11) is 0. The van der Waals surface area contributed by atoms with E-state index >= 15 is 0 Å². The molecule has 1 aliphatic carbocycles. The Hall–Kier alpha value is -0.570. The summed E-state index contributed by atoms with van der Waals surface area (Å²) in [6.07, 6.45) is 7.37. The van der Waals surface area contributed by atoms with E-state index in [1.807, 2.05) is 6.92 Å². The highest BCUT2D eigenvalue weighted by Crippen LogP contribution is 2.29. The molecule has 1 atom stereocenters. The van der Waals surface area contributed by atoms with Crippen LogP contribution in [0.3, 0.4) is 0 Å². The number of rotatable bonds is 6. The van der Waals surface area contributed by atoms with E-state index in [4.69, 9.17) is 5.73 Å². The average Bonchev–Trinajstić information content (AvgIpc) is 2.33. The van der Waals surface area contributed by atoms with Gasteiger partial charge in [0.2, 0.25) is 5.91 Å². The van der Waals surface area contributed by atoms with Gasteiger partial charge in [-0.3, -0.25) is 4.79 Å². The summed E-state index contributed by atoms with van der Waals surface area (Å²) in [4.78, 5) is 11.7. The third-order valence-corrected chi connectivity index (χ3v) is 4.14. The molecule has 1 rings (SSSR count). The summed E-state index contributed by atoms with van der Waals surface area (Å²) < 4.78 is 0. The van der Waals surface area contributed by atoms with Crippen LogP contribution in [0, 0.1) is 17.8 Å². The molecular weight excluding hydrogens is 212 g/mol. The van der Waals surface area contributed by atoms with Crippen LogP contribution in [0.5, 0.6) is 0 Å². The van der Waals surface area contributed by atoms with E-state index in [0.717, 1.165) is 31.2 Å². The number of nitrogens with two attached hydrogens (primary N) is 1. The zero-order valence-electron chi connectivity index (χ0n) is 11.4. The molecule has 3 nitrogen and oxygen atoms in total. The monoisotopic (exact) mass is 240 g/mol. The van der Waals surface area contributed by atoms with Crippen molar-refractivity contribution in [3.05, 3.63) is 0 Å². The number of amides is 1. The Bertz CT molecular complexity index is 218. The number of nitrogens with one attached hydrogen (secondary N) is 1. The van der Waals surface area contributed by atoms with Crippen LogP contribution >= 0.6 is 0 Å². The lowest BCUT2D eigenvalue weighted by Gasteiger charge is -2.26. The fourth-order valence-electron chi connectivity index (χ4n) is 2.62. The summed E-state index contributed by atoms with van der Waals surface area (Å²) in [5.41, 5.74) is 5.55. The normalized spacial score (nSPS) is 26.5. The first kappa shape index (κ1) is 14.5. The van der Waals surface area contributed by atoms with Gasteiger partial charge in [-0.25, -0.2) is 0 Å². The van der Waals surface area contributed by atoms with Crippen LogP contribution < -0.4 is 11.1 Å². The fourth-order valence-corrected chi connectivity index (χ4v) is 2.62. The predicted octanol–water partition coefficient (Wildman–Crippen LogP) is 2.30. The third-order valence-electron chi connectivity index (χ3n) is 4.14. The van der Waals surface area contributed by atoms with Crippen LogP contribution in [0.25, 0.3) is 0 Å².